The molecule has 1 unspecified atom stereocenters. The SMILES string of the molecule is CNCC(C)CN(C)CCc1ccncc1. The summed E-state index contributed by atoms with van der Waals surface area (Å²) in [5.41, 5.74) is 1.36. The van der Waals surface area contributed by atoms with Crippen molar-refractivity contribution in [3.63, 3.8) is 0 Å². The molecule has 1 aromatic rings. The maximum absolute atomic E-state index is 4.02. The Morgan fingerprint density at radius 1 is 1.38 bits per heavy atom. The van der Waals surface area contributed by atoms with Gasteiger partial charge in [0.05, 0.1) is 0 Å². The number of hydrogen-bond donors (Lipinski definition) is 1. The fraction of sp³-hybridized carbons (Fsp3) is 0.615. The molecule has 3 nitrogen and oxygen atoms in total. The molecule has 1 heterocycles. The topological polar surface area (TPSA) is 28.2 Å². The first kappa shape index (κ1) is 13.1. The number of rotatable bonds is 7. The van der Waals surface area contributed by atoms with E-state index in [9.17, 15) is 0 Å². The molecule has 0 spiro atoms. The first-order valence-electron chi connectivity index (χ1n) is 5.94. The summed E-state index contributed by atoms with van der Waals surface area (Å²) in [7, 11) is 4.20. The Morgan fingerprint density at radius 3 is 2.69 bits per heavy atom. The second-order valence-electron chi connectivity index (χ2n) is 4.53. The molecular formula is C13H23N3. The lowest BCUT2D eigenvalue weighted by molar-refractivity contribution is 0.286. The average molecular weight is 221 g/mol. The Bertz CT molecular complexity index is 274. The predicted octanol–water partition coefficient (Wildman–Crippen LogP) is 1.41. The van der Waals surface area contributed by atoms with Crippen molar-refractivity contribution in [2.75, 3.05) is 33.7 Å². The molecular weight excluding hydrogens is 198 g/mol. The van der Waals surface area contributed by atoms with Crippen molar-refractivity contribution < 1.29 is 0 Å². The van der Waals surface area contributed by atoms with Crippen LogP contribution in [0.5, 0.6) is 0 Å². The van der Waals surface area contributed by atoms with E-state index in [1.165, 1.54) is 5.56 Å². The highest BCUT2D eigenvalue weighted by Gasteiger charge is 2.05. The predicted molar refractivity (Wildman–Crippen MR) is 68.5 cm³/mol. The van der Waals surface area contributed by atoms with E-state index in [0.717, 1.165) is 26.1 Å². The quantitative estimate of drug-likeness (QED) is 0.754. The van der Waals surface area contributed by atoms with Crippen molar-refractivity contribution in [3.8, 4) is 0 Å². The first-order chi connectivity index (χ1) is 7.72. The van der Waals surface area contributed by atoms with Crippen LogP contribution in [0.2, 0.25) is 0 Å². The van der Waals surface area contributed by atoms with Gasteiger partial charge in [-0.2, -0.15) is 0 Å². The molecule has 90 valence electrons. The largest absolute Gasteiger partial charge is 0.319 e. The van der Waals surface area contributed by atoms with Gasteiger partial charge in [0.15, 0.2) is 0 Å². The molecule has 16 heavy (non-hydrogen) atoms. The molecule has 0 aliphatic heterocycles. The fourth-order valence-electron chi connectivity index (χ4n) is 1.91. The van der Waals surface area contributed by atoms with Crippen LogP contribution in [0.15, 0.2) is 24.5 Å². The highest BCUT2D eigenvalue weighted by Crippen LogP contribution is 2.01. The Kier molecular flexibility index (Phi) is 6.04. The van der Waals surface area contributed by atoms with Crippen LogP contribution >= 0.6 is 0 Å². The number of likely N-dealkylation sites (N-methyl/N-ethyl adjacent to an activating group) is 1. The molecule has 0 amide bonds. The van der Waals surface area contributed by atoms with E-state index in [2.05, 4.69) is 41.3 Å². The number of hydrogen-bond acceptors (Lipinski definition) is 3. The van der Waals surface area contributed by atoms with E-state index in [-0.39, 0.29) is 0 Å². The van der Waals surface area contributed by atoms with Gasteiger partial charge in [-0.25, -0.2) is 0 Å². The smallest absolute Gasteiger partial charge is 0.0270 e. The lowest BCUT2D eigenvalue weighted by Gasteiger charge is -2.21. The van der Waals surface area contributed by atoms with Crippen molar-refractivity contribution in [1.29, 1.82) is 0 Å². The van der Waals surface area contributed by atoms with Gasteiger partial charge in [0.25, 0.3) is 0 Å². The van der Waals surface area contributed by atoms with Crippen LogP contribution in [-0.2, 0) is 6.42 Å². The Labute approximate surface area is 98.9 Å². The molecule has 0 fully saturated rings. The molecule has 0 saturated heterocycles. The summed E-state index contributed by atoms with van der Waals surface area (Å²) >= 11 is 0. The molecule has 0 aromatic carbocycles. The van der Waals surface area contributed by atoms with Gasteiger partial charge < -0.3 is 10.2 Å². The lowest BCUT2D eigenvalue weighted by Crippen LogP contribution is -2.31. The van der Waals surface area contributed by atoms with Gasteiger partial charge in [-0.1, -0.05) is 6.92 Å². The highest BCUT2D eigenvalue weighted by atomic mass is 15.1. The average Bonchev–Trinajstić information content (AvgIpc) is 2.28. The van der Waals surface area contributed by atoms with E-state index in [0.29, 0.717) is 5.92 Å². The zero-order valence-electron chi connectivity index (χ0n) is 10.6. The highest BCUT2D eigenvalue weighted by molar-refractivity contribution is 5.09. The second kappa shape index (κ2) is 7.36. The lowest BCUT2D eigenvalue weighted by atomic mass is 10.1. The Hall–Kier alpha value is -0.930. The second-order valence-corrected chi connectivity index (χ2v) is 4.53. The summed E-state index contributed by atoms with van der Waals surface area (Å²) in [5, 5.41) is 3.21. The molecule has 1 aromatic heterocycles. The zero-order valence-corrected chi connectivity index (χ0v) is 10.6. The minimum atomic E-state index is 0.701. The monoisotopic (exact) mass is 221 g/mol. The molecule has 0 saturated carbocycles. The van der Waals surface area contributed by atoms with Crippen molar-refractivity contribution in [2.24, 2.45) is 5.92 Å². The van der Waals surface area contributed by atoms with Crippen molar-refractivity contribution in [1.82, 2.24) is 15.2 Å². The van der Waals surface area contributed by atoms with E-state index in [4.69, 9.17) is 0 Å². The van der Waals surface area contributed by atoms with Gasteiger partial charge in [0, 0.05) is 25.5 Å². The summed E-state index contributed by atoms with van der Waals surface area (Å²) in [6, 6.07) is 4.18. The maximum Gasteiger partial charge on any atom is 0.0270 e. The van der Waals surface area contributed by atoms with E-state index in [1.807, 2.05) is 19.4 Å². The molecule has 0 bridgehead atoms. The summed E-state index contributed by atoms with van der Waals surface area (Å²) in [4.78, 5) is 6.41. The number of aromatic nitrogens is 1. The summed E-state index contributed by atoms with van der Waals surface area (Å²) in [6.07, 6.45) is 4.82. The van der Waals surface area contributed by atoms with Crippen LogP contribution < -0.4 is 5.32 Å². The summed E-state index contributed by atoms with van der Waals surface area (Å²) in [5.74, 6) is 0.701. The fourth-order valence-corrected chi connectivity index (χ4v) is 1.91. The summed E-state index contributed by atoms with van der Waals surface area (Å²) < 4.78 is 0. The maximum atomic E-state index is 4.02. The van der Waals surface area contributed by atoms with Crippen LogP contribution in [0.4, 0.5) is 0 Å². The third kappa shape index (κ3) is 5.24. The molecule has 0 radical (unpaired) electrons. The third-order valence-corrected chi connectivity index (χ3v) is 2.71. The van der Waals surface area contributed by atoms with Gasteiger partial charge in [-0.15, -0.1) is 0 Å². The van der Waals surface area contributed by atoms with Crippen molar-refractivity contribution in [2.45, 2.75) is 13.3 Å². The summed E-state index contributed by atoms with van der Waals surface area (Å²) in [6.45, 7) is 5.61. The van der Waals surface area contributed by atoms with Crippen LogP contribution in [0.1, 0.15) is 12.5 Å². The van der Waals surface area contributed by atoms with E-state index >= 15 is 0 Å². The van der Waals surface area contributed by atoms with Gasteiger partial charge in [0.2, 0.25) is 0 Å². The van der Waals surface area contributed by atoms with Gasteiger partial charge >= 0.3 is 0 Å². The molecule has 1 rings (SSSR count). The minimum absolute atomic E-state index is 0.701. The Morgan fingerprint density at radius 2 is 2.06 bits per heavy atom. The number of nitrogens with zero attached hydrogens (tertiary/aromatic N) is 2. The number of nitrogens with one attached hydrogen (secondary N) is 1. The molecule has 0 aliphatic rings. The van der Waals surface area contributed by atoms with Crippen LogP contribution in [0, 0.1) is 5.92 Å². The zero-order chi connectivity index (χ0) is 11.8. The molecule has 1 N–H and O–H groups in total. The third-order valence-electron chi connectivity index (χ3n) is 2.71. The molecule has 0 aliphatic carbocycles. The van der Waals surface area contributed by atoms with Crippen LogP contribution in [0.25, 0.3) is 0 Å². The van der Waals surface area contributed by atoms with Crippen molar-refractivity contribution in [3.05, 3.63) is 30.1 Å². The molecule has 1 atom stereocenters. The first-order valence-corrected chi connectivity index (χ1v) is 5.94. The van der Waals surface area contributed by atoms with E-state index in [1.54, 1.807) is 0 Å². The number of pyridine rings is 1. The standard InChI is InChI=1S/C13H23N3/c1-12(10-14-2)11-16(3)9-6-13-4-7-15-8-5-13/h4-5,7-8,12,14H,6,9-11H2,1-3H3. The normalized spacial score (nSPS) is 13.0. The van der Waals surface area contributed by atoms with Crippen molar-refractivity contribution >= 4 is 0 Å². The van der Waals surface area contributed by atoms with Crippen LogP contribution in [0.3, 0.4) is 0 Å². The van der Waals surface area contributed by atoms with E-state index < -0.39 is 0 Å². The minimum Gasteiger partial charge on any atom is -0.319 e. The van der Waals surface area contributed by atoms with Gasteiger partial charge in [-0.3, -0.25) is 4.98 Å². The Balaban J connectivity index is 2.22. The molecule has 3 heteroatoms. The van der Waals surface area contributed by atoms with Crippen LogP contribution in [-0.4, -0.2) is 43.6 Å². The van der Waals surface area contributed by atoms with Gasteiger partial charge in [-0.05, 0) is 50.7 Å². The van der Waals surface area contributed by atoms with Gasteiger partial charge in [0.1, 0.15) is 0 Å².